The van der Waals surface area contributed by atoms with Gasteiger partial charge in [-0.1, -0.05) is 6.92 Å². The summed E-state index contributed by atoms with van der Waals surface area (Å²) >= 11 is 0. The summed E-state index contributed by atoms with van der Waals surface area (Å²) in [7, 11) is 0. The van der Waals surface area contributed by atoms with E-state index < -0.39 is 0 Å². The summed E-state index contributed by atoms with van der Waals surface area (Å²) in [6.07, 6.45) is 1.43. The molecule has 2 saturated heterocycles. The average molecular weight is 140 g/mol. The third-order valence-electron chi connectivity index (χ3n) is 2.76. The fourth-order valence-corrected chi connectivity index (χ4v) is 2.19. The molecule has 10 heavy (non-hydrogen) atoms. The Labute approximate surface area is 62.6 Å². The van der Waals surface area contributed by atoms with E-state index in [9.17, 15) is 0 Å². The second-order valence-corrected chi connectivity index (χ2v) is 3.56. The zero-order valence-electron chi connectivity index (χ0n) is 6.64. The highest BCUT2D eigenvalue weighted by molar-refractivity contribution is 4.90. The minimum atomic E-state index is 0.818. The maximum Gasteiger partial charge on any atom is 0.0198 e. The van der Waals surface area contributed by atoms with E-state index in [0.29, 0.717) is 0 Å². The summed E-state index contributed by atoms with van der Waals surface area (Å²) in [6, 6.07) is 0.818. The number of hydrogen-bond acceptors (Lipinski definition) is 2. The van der Waals surface area contributed by atoms with Crippen molar-refractivity contribution in [3.05, 3.63) is 0 Å². The first-order valence-corrected chi connectivity index (χ1v) is 4.34. The summed E-state index contributed by atoms with van der Waals surface area (Å²) in [4.78, 5) is 2.55. The van der Waals surface area contributed by atoms with E-state index in [0.717, 1.165) is 12.0 Å². The van der Waals surface area contributed by atoms with Crippen LogP contribution in [0.3, 0.4) is 0 Å². The van der Waals surface area contributed by atoms with Crippen molar-refractivity contribution < 1.29 is 0 Å². The van der Waals surface area contributed by atoms with Gasteiger partial charge in [-0.3, -0.25) is 0 Å². The summed E-state index contributed by atoms with van der Waals surface area (Å²) in [5.74, 6) is 0.957. The molecule has 1 N–H and O–H groups in total. The van der Waals surface area contributed by atoms with Crippen LogP contribution in [-0.4, -0.2) is 37.1 Å². The van der Waals surface area contributed by atoms with Gasteiger partial charge in [0.05, 0.1) is 0 Å². The number of nitrogens with one attached hydrogen (secondary N) is 1. The molecule has 2 rings (SSSR count). The van der Waals surface area contributed by atoms with Gasteiger partial charge in [-0.25, -0.2) is 0 Å². The van der Waals surface area contributed by atoms with Gasteiger partial charge in [0.25, 0.3) is 0 Å². The minimum Gasteiger partial charge on any atom is -0.312 e. The molecule has 0 aromatic carbocycles. The molecule has 2 fully saturated rings. The highest BCUT2D eigenvalue weighted by atomic mass is 15.2. The van der Waals surface area contributed by atoms with Crippen LogP contribution in [0.15, 0.2) is 0 Å². The third-order valence-corrected chi connectivity index (χ3v) is 2.76. The van der Waals surface area contributed by atoms with Crippen LogP contribution in [0.5, 0.6) is 0 Å². The van der Waals surface area contributed by atoms with Crippen molar-refractivity contribution in [1.29, 1.82) is 0 Å². The van der Waals surface area contributed by atoms with Crippen LogP contribution in [-0.2, 0) is 0 Å². The molecule has 2 aliphatic heterocycles. The van der Waals surface area contributed by atoms with Crippen LogP contribution in [0.25, 0.3) is 0 Å². The summed E-state index contributed by atoms with van der Waals surface area (Å²) in [5, 5.41) is 3.54. The van der Waals surface area contributed by atoms with Crippen LogP contribution in [0.4, 0.5) is 0 Å². The van der Waals surface area contributed by atoms with E-state index in [1.807, 2.05) is 0 Å². The lowest BCUT2D eigenvalue weighted by Crippen LogP contribution is -2.40. The standard InChI is InChI=1S/C8H16N2/c1-2-10-5-7-3-8(6-10)9-4-7/h7-9H,2-6H2,1H3. The third kappa shape index (κ3) is 1.06. The second kappa shape index (κ2) is 2.51. The maximum atomic E-state index is 3.54. The predicted molar refractivity (Wildman–Crippen MR) is 42.0 cm³/mol. The fourth-order valence-electron chi connectivity index (χ4n) is 2.19. The smallest absolute Gasteiger partial charge is 0.0198 e. The molecule has 2 atom stereocenters. The molecule has 0 saturated carbocycles. The number of fused-ring (bicyclic) bond motifs is 2. The first-order chi connectivity index (χ1) is 4.88. The molecule has 0 amide bonds. The fraction of sp³-hybridized carbons (Fsp3) is 1.00. The van der Waals surface area contributed by atoms with E-state index in [4.69, 9.17) is 0 Å². The van der Waals surface area contributed by atoms with Crippen molar-refractivity contribution in [1.82, 2.24) is 10.2 Å². The lowest BCUT2D eigenvalue weighted by molar-refractivity contribution is 0.202. The van der Waals surface area contributed by atoms with Crippen LogP contribution in [0, 0.1) is 5.92 Å². The minimum absolute atomic E-state index is 0.818. The van der Waals surface area contributed by atoms with Crippen molar-refractivity contribution in [3.8, 4) is 0 Å². The number of nitrogens with zero attached hydrogens (tertiary/aromatic N) is 1. The van der Waals surface area contributed by atoms with Crippen LogP contribution in [0.1, 0.15) is 13.3 Å². The molecule has 2 heterocycles. The Hall–Kier alpha value is -0.0800. The van der Waals surface area contributed by atoms with Crippen molar-refractivity contribution in [2.75, 3.05) is 26.2 Å². The second-order valence-electron chi connectivity index (χ2n) is 3.56. The molecule has 2 unspecified atom stereocenters. The Balaban J connectivity index is 1.96. The molecule has 0 aliphatic carbocycles. The van der Waals surface area contributed by atoms with Crippen LogP contribution >= 0.6 is 0 Å². The Kier molecular flexibility index (Phi) is 1.66. The first-order valence-electron chi connectivity index (χ1n) is 4.34. The zero-order valence-corrected chi connectivity index (χ0v) is 6.64. The molecule has 0 spiro atoms. The Morgan fingerprint density at radius 2 is 2.40 bits per heavy atom. The maximum absolute atomic E-state index is 3.54. The van der Waals surface area contributed by atoms with Gasteiger partial charge in [-0.2, -0.15) is 0 Å². The number of rotatable bonds is 1. The van der Waals surface area contributed by atoms with Crippen molar-refractivity contribution in [2.24, 2.45) is 5.92 Å². The largest absolute Gasteiger partial charge is 0.312 e. The lowest BCUT2D eigenvalue weighted by Gasteiger charge is -2.29. The van der Waals surface area contributed by atoms with E-state index in [1.165, 1.54) is 32.6 Å². The van der Waals surface area contributed by atoms with Gasteiger partial charge in [0.1, 0.15) is 0 Å². The lowest BCUT2D eigenvalue weighted by atomic mass is 10.0. The van der Waals surface area contributed by atoms with Gasteiger partial charge in [0.15, 0.2) is 0 Å². The first kappa shape index (κ1) is 6.62. The zero-order chi connectivity index (χ0) is 6.97. The number of likely N-dealkylation sites (tertiary alicyclic amines) is 1. The van der Waals surface area contributed by atoms with Gasteiger partial charge in [0, 0.05) is 19.1 Å². The molecule has 2 bridgehead atoms. The van der Waals surface area contributed by atoms with Crippen molar-refractivity contribution in [2.45, 2.75) is 19.4 Å². The highest BCUT2D eigenvalue weighted by Crippen LogP contribution is 2.21. The summed E-state index contributed by atoms with van der Waals surface area (Å²) in [5.41, 5.74) is 0. The van der Waals surface area contributed by atoms with E-state index in [2.05, 4.69) is 17.1 Å². The Morgan fingerprint density at radius 3 is 3.10 bits per heavy atom. The highest BCUT2D eigenvalue weighted by Gasteiger charge is 2.31. The van der Waals surface area contributed by atoms with E-state index >= 15 is 0 Å². The van der Waals surface area contributed by atoms with Gasteiger partial charge >= 0.3 is 0 Å². The quantitative estimate of drug-likeness (QED) is 0.563. The van der Waals surface area contributed by atoms with Crippen LogP contribution in [0.2, 0.25) is 0 Å². The molecule has 0 radical (unpaired) electrons. The molecule has 0 aromatic rings. The SMILES string of the molecule is CCN1CC2CNC(C2)C1. The molecule has 58 valence electrons. The number of piperidine rings is 1. The Bertz CT molecular complexity index is 112. The summed E-state index contributed by atoms with van der Waals surface area (Å²) in [6.45, 7) is 7.37. The molecule has 2 heteroatoms. The van der Waals surface area contributed by atoms with E-state index in [-0.39, 0.29) is 0 Å². The van der Waals surface area contributed by atoms with Gasteiger partial charge in [-0.05, 0) is 25.4 Å². The molecular weight excluding hydrogens is 124 g/mol. The van der Waals surface area contributed by atoms with Crippen molar-refractivity contribution >= 4 is 0 Å². The van der Waals surface area contributed by atoms with E-state index in [1.54, 1.807) is 0 Å². The Morgan fingerprint density at radius 1 is 1.50 bits per heavy atom. The van der Waals surface area contributed by atoms with Gasteiger partial charge in [0.2, 0.25) is 0 Å². The molecular formula is C8H16N2. The number of likely N-dealkylation sites (N-methyl/N-ethyl adjacent to an activating group) is 1. The van der Waals surface area contributed by atoms with Gasteiger partial charge < -0.3 is 10.2 Å². The average Bonchev–Trinajstić information content (AvgIpc) is 2.30. The molecule has 0 aromatic heterocycles. The monoisotopic (exact) mass is 140 g/mol. The number of hydrogen-bond donors (Lipinski definition) is 1. The van der Waals surface area contributed by atoms with Crippen molar-refractivity contribution in [3.63, 3.8) is 0 Å². The topological polar surface area (TPSA) is 15.3 Å². The molecule has 2 nitrogen and oxygen atoms in total. The van der Waals surface area contributed by atoms with Gasteiger partial charge in [-0.15, -0.1) is 0 Å². The van der Waals surface area contributed by atoms with Crippen LogP contribution < -0.4 is 5.32 Å². The predicted octanol–water partition coefficient (Wildman–Crippen LogP) is 0.300. The normalized spacial score (nSPS) is 40.5. The molecule has 2 aliphatic rings. The summed E-state index contributed by atoms with van der Waals surface area (Å²) < 4.78 is 0.